The molecule has 0 aliphatic carbocycles. The van der Waals surface area contributed by atoms with Gasteiger partial charge in [0.25, 0.3) is 0 Å². The van der Waals surface area contributed by atoms with Gasteiger partial charge in [0.05, 0.1) is 13.7 Å². The number of ether oxygens (including phenoxy) is 2. The summed E-state index contributed by atoms with van der Waals surface area (Å²) < 4.78 is 12.3. The molecule has 2 aromatic rings. The van der Waals surface area contributed by atoms with Crippen LogP contribution in [0.4, 0.5) is 0 Å². The minimum atomic E-state index is 0. The number of rotatable bonds is 11. The maximum atomic E-state index is 5.19. The number of guanidine groups is 1. The van der Waals surface area contributed by atoms with Gasteiger partial charge in [0, 0.05) is 39.8 Å². The van der Waals surface area contributed by atoms with Crippen LogP contribution >= 0.6 is 24.0 Å². The summed E-state index contributed by atoms with van der Waals surface area (Å²) in [6.45, 7) is 5.72. The first kappa shape index (κ1) is 24.2. The molecule has 9 heteroatoms. The minimum absolute atomic E-state index is 0. The van der Waals surface area contributed by atoms with Gasteiger partial charge in [0.1, 0.15) is 17.9 Å². The van der Waals surface area contributed by atoms with Crippen molar-refractivity contribution in [1.82, 2.24) is 25.4 Å². The Labute approximate surface area is 184 Å². The van der Waals surface area contributed by atoms with E-state index in [0.29, 0.717) is 6.54 Å². The summed E-state index contributed by atoms with van der Waals surface area (Å²) in [5.41, 5.74) is 1.13. The number of methoxy groups -OCH3 is 2. The Morgan fingerprint density at radius 1 is 1.14 bits per heavy atom. The third-order valence-corrected chi connectivity index (χ3v) is 4.05. The molecule has 0 radical (unpaired) electrons. The van der Waals surface area contributed by atoms with Crippen molar-refractivity contribution >= 4 is 29.9 Å². The second-order valence-corrected chi connectivity index (χ2v) is 6.01. The zero-order chi connectivity index (χ0) is 19.3. The fraction of sp³-hybridized carbons (Fsp3) is 0.526. The fourth-order valence-corrected chi connectivity index (χ4v) is 2.53. The Hall–Kier alpha value is -1.88. The first-order valence-corrected chi connectivity index (χ1v) is 9.27. The maximum Gasteiger partial charge on any atom is 0.191 e. The van der Waals surface area contributed by atoms with Gasteiger partial charge in [-0.05, 0) is 24.1 Å². The molecule has 156 valence electrons. The number of benzene rings is 1. The monoisotopic (exact) mass is 502 g/mol. The van der Waals surface area contributed by atoms with Gasteiger partial charge in [-0.1, -0.05) is 19.1 Å². The number of aryl methyl sites for hydroxylation is 1. The first-order chi connectivity index (χ1) is 13.3. The molecule has 0 aliphatic rings. The van der Waals surface area contributed by atoms with Crippen LogP contribution in [0.5, 0.6) is 5.75 Å². The van der Waals surface area contributed by atoms with E-state index in [4.69, 9.17) is 9.47 Å². The standard InChI is InChI=1S/C19H30N6O2.HI/c1-4-18-24-23-15-25(18)12-11-21-19(20-10-5-13-26-2)22-14-16-6-8-17(27-3)9-7-16;/h6-9,15H,4-5,10-14H2,1-3H3,(H2,20,21,22);1H. The number of hydrogen-bond donors (Lipinski definition) is 2. The number of nitrogens with one attached hydrogen (secondary N) is 2. The second kappa shape index (κ2) is 14.2. The number of aliphatic imine (C=N–C) groups is 1. The third kappa shape index (κ3) is 8.42. The van der Waals surface area contributed by atoms with Crippen molar-refractivity contribution in [2.75, 3.05) is 33.9 Å². The summed E-state index contributed by atoms with van der Waals surface area (Å²) in [6, 6.07) is 7.94. The lowest BCUT2D eigenvalue weighted by Gasteiger charge is -2.13. The van der Waals surface area contributed by atoms with Crippen molar-refractivity contribution in [2.45, 2.75) is 32.9 Å². The Morgan fingerprint density at radius 3 is 2.57 bits per heavy atom. The van der Waals surface area contributed by atoms with Crippen molar-refractivity contribution in [1.29, 1.82) is 0 Å². The number of hydrogen-bond acceptors (Lipinski definition) is 5. The summed E-state index contributed by atoms with van der Waals surface area (Å²) >= 11 is 0. The third-order valence-electron chi connectivity index (χ3n) is 4.05. The van der Waals surface area contributed by atoms with Gasteiger partial charge in [-0.2, -0.15) is 0 Å². The van der Waals surface area contributed by atoms with Crippen LogP contribution in [-0.4, -0.2) is 54.6 Å². The van der Waals surface area contributed by atoms with Crippen LogP contribution < -0.4 is 15.4 Å². The van der Waals surface area contributed by atoms with Crippen molar-refractivity contribution < 1.29 is 9.47 Å². The van der Waals surface area contributed by atoms with Crippen LogP contribution in [0.3, 0.4) is 0 Å². The fourth-order valence-electron chi connectivity index (χ4n) is 2.53. The minimum Gasteiger partial charge on any atom is -0.497 e. The molecular weight excluding hydrogens is 471 g/mol. The van der Waals surface area contributed by atoms with Crippen LogP contribution in [-0.2, 0) is 24.2 Å². The predicted molar refractivity (Wildman–Crippen MR) is 121 cm³/mol. The number of nitrogens with zero attached hydrogens (tertiary/aromatic N) is 4. The summed E-state index contributed by atoms with van der Waals surface area (Å²) in [4.78, 5) is 4.68. The van der Waals surface area contributed by atoms with E-state index in [1.807, 2.05) is 24.3 Å². The highest BCUT2D eigenvalue weighted by molar-refractivity contribution is 14.0. The van der Waals surface area contributed by atoms with Crippen molar-refractivity contribution in [3.05, 3.63) is 42.0 Å². The maximum absolute atomic E-state index is 5.19. The first-order valence-electron chi connectivity index (χ1n) is 9.27. The molecule has 0 atom stereocenters. The zero-order valence-electron chi connectivity index (χ0n) is 16.9. The molecular formula is C19H31IN6O2. The molecule has 28 heavy (non-hydrogen) atoms. The molecule has 2 N–H and O–H groups in total. The molecule has 0 bridgehead atoms. The molecule has 1 aromatic carbocycles. The van der Waals surface area contributed by atoms with Crippen molar-refractivity contribution in [3.8, 4) is 5.75 Å². The largest absolute Gasteiger partial charge is 0.497 e. The molecule has 1 heterocycles. The molecule has 2 rings (SSSR count). The highest BCUT2D eigenvalue weighted by Gasteiger charge is 2.03. The Bertz CT molecular complexity index is 690. The van der Waals surface area contributed by atoms with Crippen LogP contribution in [0.1, 0.15) is 24.7 Å². The highest BCUT2D eigenvalue weighted by atomic mass is 127. The van der Waals surface area contributed by atoms with Crippen LogP contribution in [0.2, 0.25) is 0 Å². The molecule has 0 saturated heterocycles. The van der Waals surface area contributed by atoms with E-state index in [9.17, 15) is 0 Å². The average molecular weight is 502 g/mol. The predicted octanol–water partition coefficient (Wildman–Crippen LogP) is 2.24. The summed E-state index contributed by atoms with van der Waals surface area (Å²) in [5.74, 6) is 2.62. The highest BCUT2D eigenvalue weighted by Crippen LogP contribution is 2.11. The lowest BCUT2D eigenvalue weighted by atomic mass is 10.2. The molecule has 0 saturated carbocycles. The Morgan fingerprint density at radius 2 is 1.89 bits per heavy atom. The molecule has 1 aromatic heterocycles. The molecule has 0 spiro atoms. The van der Waals surface area contributed by atoms with Gasteiger partial charge in [-0.15, -0.1) is 34.2 Å². The van der Waals surface area contributed by atoms with E-state index >= 15 is 0 Å². The van der Waals surface area contributed by atoms with Crippen LogP contribution in [0.25, 0.3) is 0 Å². The van der Waals surface area contributed by atoms with Crippen molar-refractivity contribution in [3.63, 3.8) is 0 Å². The van der Waals surface area contributed by atoms with Crippen LogP contribution in [0.15, 0.2) is 35.6 Å². The van der Waals surface area contributed by atoms with Crippen molar-refractivity contribution in [2.24, 2.45) is 4.99 Å². The van der Waals surface area contributed by atoms with Gasteiger partial charge in [0.2, 0.25) is 0 Å². The average Bonchev–Trinajstić information content (AvgIpc) is 3.16. The number of aromatic nitrogens is 3. The molecule has 0 fully saturated rings. The van der Waals surface area contributed by atoms with Gasteiger partial charge >= 0.3 is 0 Å². The van der Waals surface area contributed by atoms with Gasteiger partial charge in [-0.25, -0.2) is 4.99 Å². The summed E-state index contributed by atoms with van der Waals surface area (Å²) in [6.07, 6.45) is 3.56. The van der Waals surface area contributed by atoms with E-state index in [-0.39, 0.29) is 24.0 Å². The van der Waals surface area contributed by atoms with E-state index in [1.165, 1.54) is 0 Å². The lowest BCUT2D eigenvalue weighted by molar-refractivity contribution is 0.195. The molecule has 8 nitrogen and oxygen atoms in total. The SMILES string of the molecule is CCc1nncn1CCNC(=NCc1ccc(OC)cc1)NCCCOC.I. The van der Waals surface area contributed by atoms with Gasteiger partial charge in [0.15, 0.2) is 5.96 Å². The Kier molecular flexibility index (Phi) is 12.2. The lowest BCUT2D eigenvalue weighted by Crippen LogP contribution is -2.39. The summed E-state index contributed by atoms with van der Waals surface area (Å²) in [7, 11) is 3.38. The normalized spacial score (nSPS) is 11.0. The topological polar surface area (TPSA) is 85.6 Å². The van der Waals surface area contributed by atoms with Gasteiger partial charge in [-0.3, -0.25) is 0 Å². The van der Waals surface area contributed by atoms with E-state index in [0.717, 1.165) is 62.2 Å². The molecule has 0 unspecified atom stereocenters. The van der Waals surface area contributed by atoms with E-state index < -0.39 is 0 Å². The Balaban J connectivity index is 0.00000392. The zero-order valence-corrected chi connectivity index (χ0v) is 19.2. The number of halogens is 1. The van der Waals surface area contributed by atoms with E-state index in [2.05, 4.69) is 37.3 Å². The van der Waals surface area contributed by atoms with Gasteiger partial charge < -0.3 is 24.7 Å². The quantitative estimate of drug-likeness (QED) is 0.212. The summed E-state index contributed by atoms with van der Waals surface area (Å²) in [5, 5.41) is 14.8. The molecule has 0 aliphatic heterocycles. The second-order valence-electron chi connectivity index (χ2n) is 6.01. The molecule has 0 amide bonds. The smallest absolute Gasteiger partial charge is 0.191 e. The van der Waals surface area contributed by atoms with Crippen LogP contribution in [0, 0.1) is 0 Å². The van der Waals surface area contributed by atoms with E-state index in [1.54, 1.807) is 20.5 Å².